The normalized spacial score (nSPS) is 21.3. The molecule has 122 valence electrons. The van der Waals surface area contributed by atoms with E-state index < -0.39 is 0 Å². The molecule has 1 saturated heterocycles. The van der Waals surface area contributed by atoms with Crippen LogP contribution in [0.3, 0.4) is 0 Å². The Hall–Kier alpha value is -2.41. The van der Waals surface area contributed by atoms with E-state index in [1.165, 1.54) is 0 Å². The summed E-state index contributed by atoms with van der Waals surface area (Å²) >= 11 is 0. The van der Waals surface area contributed by atoms with E-state index in [9.17, 15) is 0 Å². The van der Waals surface area contributed by atoms with Crippen LogP contribution in [-0.2, 0) is 4.74 Å². The summed E-state index contributed by atoms with van der Waals surface area (Å²) in [6.45, 7) is 7.75. The molecule has 1 aliphatic heterocycles. The smallest absolute Gasteiger partial charge is 0.222 e. The van der Waals surface area contributed by atoms with E-state index in [4.69, 9.17) is 10.5 Å². The zero-order valence-corrected chi connectivity index (χ0v) is 13.7. The van der Waals surface area contributed by atoms with Crippen molar-refractivity contribution in [1.82, 2.24) is 15.0 Å². The summed E-state index contributed by atoms with van der Waals surface area (Å²) in [6.07, 6.45) is 2.23. The lowest BCUT2D eigenvalue weighted by Gasteiger charge is -2.36. The fraction of sp³-hybridized carbons (Fsp3) is 0.438. The molecule has 0 amide bonds. The second kappa shape index (κ2) is 6.37. The summed E-state index contributed by atoms with van der Waals surface area (Å²) in [6, 6.07) is 5.83. The van der Waals surface area contributed by atoms with Crippen LogP contribution < -0.4 is 16.0 Å². The number of rotatable bonds is 3. The Labute approximate surface area is 135 Å². The lowest BCUT2D eigenvalue weighted by molar-refractivity contribution is -0.00545. The average molecular weight is 314 g/mol. The Balaban J connectivity index is 1.71. The first-order chi connectivity index (χ1) is 11.0. The van der Waals surface area contributed by atoms with Gasteiger partial charge in [0.2, 0.25) is 5.95 Å². The summed E-state index contributed by atoms with van der Waals surface area (Å²) in [4.78, 5) is 15.0. The molecule has 0 aromatic carbocycles. The summed E-state index contributed by atoms with van der Waals surface area (Å²) in [7, 11) is 0. The van der Waals surface area contributed by atoms with Crippen LogP contribution in [0.1, 0.15) is 19.5 Å². The number of hydrogen-bond donors (Lipinski definition) is 2. The minimum absolute atomic E-state index is 0.213. The summed E-state index contributed by atoms with van der Waals surface area (Å²) in [5.74, 6) is 1.88. The number of morpholine rings is 1. The first-order valence-electron chi connectivity index (χ1n) is 7.74. The number of nitrogen functional groups attached to an aromatic ring is 1. The first-order valence-corrected chi connectivity index (χ1v) is 7.74. The highest BCUT2D eigenvalue weighted by molar-refractivity contribution is 5.58. The Kier molecular flexibility index (Phi) is 4.29. The van der Waals surface area contributed by atoms with E-state index in [1.54, 1.807) is 6.20 Å². The highest BCUT2D eigenvalue weighted by atomic mass is 16.5. The number of ether oxygens (including phenoxy) is 1. The second-order valence-corrected chi connectivity index (χ2v) is 5.95. The zero-order valence-electron chi connectivity index (χ0n) is 13.7. The maximum absolute atomic E-state index is 5.76. The molecule has 3 heterocycles. The van der Waals surface area contributed by atoms with Crippen LogP contribution in [0.5, 0.6) is 0 Å². The SMILES string of the molecule is Cc1cc(Nc2ccc(N3C[C@H](C)O[C@@H](C)C3)nc2)nc(N)n1. The maximum Gasteiger partial charge on any atom is 0.222 e. The van der Waals surface area contributed by atoms with Gasteiger partial charge in [0.25, 0.3) is 0 Å². The van der Waals surface area contributed by atoms with E-state index >= 15 is 0 Å². The Morgan fingerprint density at radius 3 is 2.57 bits per heavy atom. The number of nitrogens with two attached hydrogens (primary N) is 1. The molecule has 1 aliphatic rings. The molecule has 0 spiro atoms. The third-order valence-electron chi connectivity index (χ3n) is 3.64. The molecule has 7 heteroatoms. The van der Waals surface area contributed by atoms with E-state index in [0.717, 1.165) is 30.3 Å². The Morgan fingerprint density at radius 2 is 1.96 bits per heavy atom. The predicted octanol–water partition coefficient (Wildman–Crippen LogP) is 2.12. The molecule has 2 aromatic rings. The Bertz CT molecular complexity index is 645. The lowest BCUT2D eigenvalue weighted by Crippen LogP contribution is -2.45. The predicted molar refractivity (Wildman–Crippen MR) is 90.9 cm³/mol. The number of aryl methyl sites for hydroxylation is 1. The fourth-order valence-corrected chi connectivity index (χ4v) is 2.82. The number of aromatic nitrogens is 3. The lowest BCUT2D eigenvalue weighted by atomic mass is 10.2. The van der Waals surface area contributed by atoms with Gasteiger partial charge in [-0.05, 0) is 32.9 Å². The van der Waals surface area contributed by atoms with Crippen molar-refractivity contribution < 1.29 is 4.74 Å². The minimum atomic E-state index is 0.213. The summed E-state index contributed by atoms with van der Waals surface area (Å²) in [5, 5.41) is 3.20. The molecule has 2 aromatic heterocycles. The molecule has 0 unspecified atom stereocenters. The van der Waals surface area contributed by atoms with Crippen molar-refractivity contribution in [2.45, 2.75) is 33.0 Å². The van der Waals surface area contributed by atoms with Crippen molar-refractivity contribution in [3.8, 4) is 0 Å². The summed E-state index contributed by atoms with van der Waals surface area (Å²) < 4.78 is 5.76. The van der Waals surface area contributed by atoms with Gasteiger partial charge < -0.3 is 20.7 Å². The Morgan fingerprint density at radius 1 is 1.22 bits per heavy atom. The fourth-order valence-electron chi connectivity index (χ4n) is 2.82. The van der Waals surface area contributed by atoms with Crippen LogP contribution in [0.15, 0.2) is 24.4 Å². The third-order valence-corrected chi connectivity index (χ3v) is 3.64. The van der Waals surface area contributed by atoms with Crippen LogP contribution in [0.4, 0.5) is 23.3 Å². The molecule has 23 heavy (non-hydrogen) atoms. The average Bonchev–Trinajstić information content (AvgIpc) is 2.46. The minimum Gasteiger partial charge on any atom is -0.372 e. The third kappa shape index (κ3) is 3.87. The zero-order chi connectivity index (χ0) is 16.4. The van der Waals surface area contributed by atoms with Crippen LogP contribution in [-0.4, -0.2) is 40.2 Å². The van der Waals surface area contributed by atoms with Crippen molar-refractivity contribution in [1.29, 1.82) is 0 Å². The van der Waals surface area contributed by atoms with Gasteiger partial charge in [0.15, 0.2) is 0 Å². The molecular formula is C16H22N6O. The summed E-state index contributed by atoms with van der Waals surface area (Å²) in [5.41, 5.74) is 7.35. The molecule has 3 N–H and O–H groups in total. The number of nitrogens with zero attached hydrogens (tertiary/aromatic N) is 4. The van der Waals surface area contributed by atoms with E-state index in [2.05, 4.69) is 39.0 Å². The monoisotopic (exact) mass is 314 g/mol. The molecular weight excluding hydrogens is 292 g/mol. The molecule has 2 atom stereocenters. The van der Waals surface area contributed by atoms with E-state index in [-0.39, 0.29) is 18.2 Å². The van der Waals surface area contributed by atoms with Crippen molar-refractivity contribution >= 4 is 23.3 Å². The standard InChI is InChI=1S/C16H22N6O/c1-10-6-14(21-16(17)19-10)20-13-4-5-15(18-7-13)22-8-11(2)23-12(3)9-22/h4-7,11-12H,8-9H2,1-3H3,(H3,17,19,20,21)/t11-,12-/m0/s1. The van der Waals surface area contributed by atoms with Gasteiger partial charge in [-0.25, -0.2) is 9.97 Å². The van der Waals surface area contributed by atoms with Crippen LogP contribution in [0, 0.1) is 6.92 Å². The topological polar surface area (TPSA) is 89.2 Å². The van der Waals surface area contributed by atoms with Crippen LogP contribution >= 0.6 is 0 Å². The number of anilines is 4. The quantitative estimate of drug-likeness (QED) is 0.897. The van der Waals surface area contributed by atoms with E-state index in [0.29, 0.717) is 5.82 Å². The van der Waals surface area contributed by atoms with Crippen molar-refractivity contribution in [2.24, 2.45) is 0 Å². The van der Waals surface area contributed by atoms with E-state index in [1.807, 2.05) is 25.1 Å². The van der Waals surface area contributed by atoms with Crippen molar-refractivity contribution in [3.05, 3.63) is 30.1 Å². The van der Waals surface area contributed by atoms with Crippen LogP contribution in [0.2, 0.25) is 0 Å². The second-order valence-electron chi connectivity index (χ2n) is 5.95. The molecule has 0 bridgehead atoms. The van der Waals surface area contributed by atoms with Gasteiger partial charge in [0.1, 0.15) is 11.6 Å². The van der Waals surface area contributed by atoms with Crippen molar-refractivity contribution in [3.63, 3.8) is 0 Å². The first kappa shape index (κ1) is 15.5. The number of nitrogens with one attached hydrogen (secondary N) is 1. The number of pyridine rings is 1. The molecule has 0 radical (unpaired) electrons. The molecule has 0 saturated carbocycles. The van der Waals surface area contributed by atoms with Crippen LogP contribution in [0.25, 0.3) is 0 Å². The molecule has 3 rings (SSSR count). The molecule has 1 fully saturated rings. The van der Waals surface area contributed by atoms with Gasteiger partial charge >= 0.3 is 0 Å². The molecule has 7 nitrogen and oxygen atoms in total. The van der Waals surface area contributed by atoms with Gasteiger partial charge in [-0.2, -0.15) is 4.98 Å². The highest BCUT2D eigenvalue weighted by Crippen LogP contribution is 2.21. The van der Waals surface area contributed by atoms with Gasteiger partial charge in [0.05, 0.1) is 24.1 Å². The van der Waals surface area contributed by atoms with Gasteiger partial charge in [-0.3, -0.25) is 0 Å². The number of hydrogen-bond acceptors (Lipinski definition) is 7. The van der Waals surface area contributed by atoms with Gasteiger partial charge in [0, 0.05) is 24.8 Å². The largest absolute Gasteiger partial charge is 0.372 e. The maximum atomic E-state index is 5.76. The molecule has 0 aliphatic carbocycles. The van der Waals surface area contributed by atoms with Gasteiger partial charge in [-0.15, -0.1) is 0 Å². The van der Waals surface area contributed by atoms with Crippen molar-refractivity contribution in [2.75, 3.05) is 29.0 Å². The van der Waals surface area contributed by atoms with Gasteiger partial charge in [-0.1, -0.05) is 0 Å². The highest BCUT2D eigenvalue weighted by Gasteiger charge is 2.22.